The summed E-state index contributed by atoms with van der Waals surface area (Å²) in [5.74, 6) is -1.09. The minimum atomic E-state index is -0.965. The first-order valence-corrected chi connectivity index (χ1v) is 6.13. The Labute approximate surface area is 117 Å². The molecule has 1 aromatic heterocycles. The van der Waals surface area contributed by atoms with E-state index in [0.717, 1.165) is 0 Å². The fourth-order valence-corrected chi connectivity index (χ4v) is 1.48. The van der Waals surface area contributed by atoms with Crippen molar-refractivity contribution >= 4 is 17.8 Å². The molecule has 110 valence electrons. The van der Waals surface area contributed by atoms with Crippen LogP contribution in [0.25, 0.3) is 0 Å². The molecule has 0 aliphatic carbocycles. The Morgan fingerprint density at radius 3 is 2.40 bits per heavy atom. The Bertz CT molecular complexity index is 438. The Morgan fingerprint density at radius 1 is 1.20 bits per heavy atom. The number of aliphatic carboxylic acids is 1. The molecule has 1 aromatic rings. The standard InChI is InChI=1S/C12H19N5O3/c1-16(2)6-7-17(9-11(19)20)8-10(18)15-12-13-4-3-5-14-12/h3-5H,6-9H2,1-2H3,(H,19,20)(H,13,14,15,18). The number of nitrogens with zero attached hydrogens (tertiary/aromatic N) is 4. The van der Waals surface area contributed by atoms with Crippen LogP contribution in [0.3, 0.4) is 0 Å². The van der Waals surface area contributed by atoms with Crippen molar-refractivity contribution in [3.63, 3.8) is 0 Å². The predicted octanol–water partition coefficient (Wildman–Crippen LogP) is -0.637. The highest BCUT2D eigenvalue weighted by molar-refractivity contribution is 5.90. The van der Waals surface area contributed by atoms with Gasteiger partial charge in [0.1, 0.15) is 0 Å². The molecule has 2 N–H and O–H groups in total. The molecule has 0 fully saturated rings. The lowest BCUT2D eigenvalue weighted by atomic mass is 10.4. The molecule has 0 spiro atoms. The molecular weight excluding hydrogens is 262 g/mol. The van der Waals surface area contributed by atoms with E-state index in [-0.39, 0.29) is 24.9 Å². The summed E-state index contributed by atoms with van der Waals surface area (Å²) in [5, 5.41) is 11.4. The average Bonchev–Trinajstić information content (AvgIpc) is 2.36. The third kappa shape index (κ3) is 6.76. The first-order chi connectivity index (χ1) is 9.47. The lowest BCUT2D eigenvalue weighted by Gasteiger charge is -2.21. The van der Waals surface area contributed by atoms with Gasteiger partial charge in [0.25, 0.3) is 0 Å². The van der Waals surface area contributed by atoms with E-state index in [9.17, 15) is 9.59 Å². The van der Waals surface area contributed by atoms with Crippen LogP contribution in [0.15, 0.2) is 18.5 Å². The molecular formula is C12H19N5O3. The number of amides is 1. The van der Waals surface area contributed by atoms with Crippen LogP contribution >= 0.6 is 0 Å². The first-order valence-electron chi connectivity index (χ1n) is 6.13. The number of carboxylic acids is 1. The Kier molecular flexibility index (Phi) is 6.54. The van der Waals surface area contributed by atoms with Crippen LogP contribution in [0, 0.1) is 0 Å². The third-order valence-electron chi connectivity index (χ3n) is 2.41. The van der Waals surface area contributed by atoms with Gasteiger partial charge in [-0.3, -0.25) is 19.8 Å². The SMILES string of the molecule is CN(C)CCN(CC(=O)O)CC(=O)Nc1ncccn1. The van der Waals surface area contributed by atoms with E-state index in [2.05, 4.69) is 15.3 Å². The topological polar surface area (TPSA) is 98.7 Å². The number of carboxylic acid groups (broad SMARTS) is 1. The van der Waals surface area contributed by atoms with Gasteiger partial charge in [-0.2, -0.15) is 0 Å². The second-order valence-corrected chi connectivity index (χ2v) is 4.53. The number of hydrogen-bond acceptors (Lipinski definition) is 6. The van der Waals surface area contributed by atoms with Crippen LogP contribution in [-0.2, 0) is 9.59 Å². The maximum absolute atomic E-state index is 11.8. The molecule has 0 bridgehead atoms. The van der Waals surface area contributed by atoms with Crippen molar-refractivity contribution in [2.45, 2.75) is 0 Å². The van der Waals surface area contributed by atoms with Gasteiger partial charge in [-0.25, -0.2) is 9.97 Å². The van der Waals surface area contributed by atoms with Crippen molar-refractivity contribution < 1.29 is 14.7 Å². The summed E-state index contributed by atoms with van der Waals surface area (Å²) in [6.45, 7) is 0.958. The van der Waals surface area contributed by atoms with Gasteiger partial charge in [0, 0.05) is 25.5 Å². The van der Waals surface area contributed by atoms with Gasteiger partial charge in [-0.1, -0.05) is 0 Å². The summed E-state index contributed by atoms with van der Waals surface area (Å²) in [6.07, 6.45) is 3.04. The lowest BCUT2D eigenvalue weighted by molar-refractivity contribution is -0.138. The first kappa shape index (κ1) is 16.0. The Balaban J connectivity index is 2.50. The van der Waals surface area contributed by atoms with Crippen LogP contribution in [0.4, 0.5) is 5.95 Å². The van der Waals surface area contributed by atoms with Gasteiger partial charge in [0.15, 0.2) is 0 Å². The highest BCUT2D eigenvalue weighted by atomic mass is 16.4. The van der Waals surface area contributed by atoms with Crippen molar-refractivity contribution in [2.24, 2.45) is 0 Å². The molecule has 0 saturated heterocycles. The van der Waals surface area contributed by atoms with Crippen LogP contribution in [-0.4, -0.2) is 77.0 Å². The van der Waals surface area contributed by atoms with Crippen molar-refractivity contribution in [1.82, 2.24) is 19.8 Å². The summed E-state index contributed by atoms with van der Waals surface area (Å²) >= 11 is 0. The Hall–Kier alpha value is -2.06. The fraction of sp³-hybridized carbons (Fsp3) is 0.500. The maximum Gasteiger partial charge on any atom is 0.317 e. The summed E-state index contributed by atoms with van der Waals surface area (Å²) in [4.78, 5) is 33.8. The van der Waals surface area contributed by atoms with E-state index in [4.69, 9.17) is 5.11 Å². The number of carbonyl (C=O) groups excluding carboxylic acids is 1. The Morgan fingerprint density at radius 2 is 1.85 bits per heavy atom. The van der Waals surface area contributed by atoms with E-state index in [1.165, 1.54) is 12.4 Å². The van der Waals surface area contributed by atoms with Crippen molar-refractivity contribution in [1.29, 1.82) is 0 Å². The zero-order chi connectivity index (χ0) is 15.0. The molecule has 1 heterocycles. The zero-order valence-electron chi connectivity index (χ0n) is 11.6. The average molecular weight is 281 g/mol. The number of likely N-dealkylation sites (N-methyl/N-ethyl adjacent to an activating group) is 1. The smallest absolute Gasteiger partial charge is 0.317 e. The molecule has 0 unspecified atom stereocenters. The van der Waals surface area contributed by atoms with Gasteiger partial charge in [0.05, 0.1) is 13.1 Å². The number of carbonyl (C=O) groups is 2. The maximum atomic E-state index is 11.8. The van der Waals surface area contributed by atoms with Gasteiger partial charge in [-0.15, -0.1) is 0 Å². The minimum Gasteiger partial charge on any atom is -0.480 e. The summed E-state index contributed by atoms with van der Waals surface area (Å²) in [7, 11) is 3.77. The van der Waals surface area contributed by atoms with Gasteiger partial charge in [-0.05, 0) is 20.2 Å². The molecule has 0 atom stereocenters. The molecule has 1 amide bonds. The largest absolute Gasteiger partial charge is 0.480 e. The van der Waals surface area contributed by atoms with E-state index in [0.29, 0.717) is 13.1 Å². The highest BCUT2D eigenvalue weighted by Crippen LogP contribution is 1.96. The van der Waals surface area contributed by atoms with Crippen LogP contribution < -0.4 is 5.32 Å². The predicted molar refractivity (Wildman–Crippen MR) is 73.3 cm³/mol. The zero-order valence-corrected chi connectivity index (χ0v) is 11.6. The quantitative estimate of drug-likeness (QED) is 0.654. The van der Waals surface area contributed by atoms with Gasteiger partial charge >= 0.3 is 5.97 Å². The second-order valence-electron chi connectivity index (χ2n) is 4.53. The molecule has 0 aromatic carbocycles. The second kappa shape index (κ2) is 8.18. The monoisotopic (exact) mass is 281 g/mol. The molecule has 1 rings (SSSR count). The molecule has 8 nitrogen and oxygen atoms in total. The van der Waals surface area contributed by atoms with Crippen LogP contribution in [0.1, 0.15) is 0 Å². The molecule has 0 radical (unpaired) electrons. The lowest BCUT2D eigenvalue weighted by Crippen LogP contribution is -2.40. The molecule has 0 saturated carbocycles. The summed E-state index contributed by atoms with van der Waals surface area (Å²) < 4.78 is 0. The number of aromatic nitrogens is 2. The van der Waals surface area contributed by atoms with Gasteiger partial charge < -0.3 is 10.0 Å². The number of nitrogens with one attached hydrogen (secondary N) is 1. The van der Waals surface area contributed by atoms with Crippen LogP contribution in [0.2, 0.25) is 0 Å². The fourth-order valence-electron chi connectivity index (χ4n) is 1.48. The van der Waals surface area contributed by atoms with Crippen LogP contribution in [0.5, 0.6) is 0 Å². The molecule has 0 aliphatic heterocycles. The van der Waals surface area contributed by atoms with Crippen molar-refractivity contribution in [3.8, 4) is 0 Å². The van der Waals surface area contributed by atoms with E-state index in [1.807, 2.05) is 19.0 Å². The highest BCUT2D eigenvalue weighted by Gasteiger charge is 2.14. The van der Waals surface area contributed by atoms with E-state index >= 15 is 0 Å². The summed E-state index contributed by atoms with van der Waals surface area (Å²) in [6, 6.07) is 1.64. The van der Waals surface area contributed by atoms with E-state index < -0.39 is 5.97 Å². The van der Waals surface area contributed by atoms with Crippen molar-refractivity contribution in [2.75, 3.05) is 45.6 Å². The van der Waals surface area contributed by atoms with E-state index in [1.54, 1.807) is 11.0 Å². The normalized spacial score (nSPS) is 10.8. The minimum absolute atomic E-state index is 0.0155. The van der Waals surface area contributed by atoms with Gasteiger partial charge in [0.2, 0.25) is 11.9 Å². The number of hydrogen-bond donors (Lipinski definition) is 2. The molecule has 0 aliphatic rings. The molecule has 20 heavy (non-hydrogen) atoms. The number of anilines is 1. The third-order valence-corrected chi connectivity index (χ3v) is 2.41. The number of rotatable bonds is 8. The summed E-state index contributed by atoms with van der Waals surface area (Å²) in [5.41, 5.74) is 0. The molecule has 8 heteroatoms. The van der Waals surface area contributed by atoms with Crippen molar-refractivity contribution in [3.05, 3.63) is 18.5 Å².